The number of benzene rings is 1. The second kappa shape index (κ2) is 7.83. The van der Waals surface area contributed by atoms with Crippen molar-refractivity contribution in [2.45, 2.75) is 12.5 Å². The minimum absolute atomic E-state index is 0.0170. The lowest BCUT2D eigenvalue weighted by atomic mass is 9.98. The number of hydrogen-bond donors (Lipinski definition) is 0. The van der Waals surface area contributed by atoms with E-state index in [0.717, 1.165) is 13.0 Å². The zero-order chi connectivity index (χ0) is 19.7. The molecule has 0 N–H and O–H groups in total. The number of likely N-dealkylation sites (N-methyl/N-ethyl adjacent to an activating group) is 1. The summed E-state index contributed by atoms with van der Waals surface area (Å²) in [6.07, 6.45) is 0.948. The molecule has 0 aliphatic carbocycles. The van der Waals surface area contributed by atoms with Gasteiger partial charge in [-0.15, -0.1) is 22.7 Å². The molecule has 2 aromatic heterocycles. The molecule has 0 fully saturated rings. The lowest BCUT2D eigenvalue weighted by Crippen LogP contribution is -2.43. The van der Waals surface area contributed by atoms with E-state index in [1.165, 1.54) is 27.5 Å². The van der Waals surface area contributed by atoms with Crippen LogP contribution >= 0.6 is 22.7 Å². The summed E-state index contributed by atoms with van der Waals surface area (Å²) < 4.78 is 0. The molecular weight excluding hydrogens is 394 g/mol. The molecule has 0 unspecified atom stereocenters. The van der Waals surface area contributed by atoms with Gasteiger partial charge >= 0.3 is 0 Å². The van der Waals surface area contributed by atoms with Crippen LogP contribution < -0.4 is 4.90 Å². The molecule has 0 bridgehead atoms. The van der Waals surface area contributed by atoms with E-state index >= 15 is 0 Å². The first-order chi connectivity index (χ1) is 13.5. The van der Waals surface area contributed by atoms with Gasteiger partial charge in [0.05, 0.1) is 17.5 Å². The molecule has 0 saturated carbocycles. The van der Waals surface area contributed by atoms with E-state index in [1.807, 2.05) is 6.07 Å². The first kappa shape index (κ1) is 18.8. The topological polar surface area (TPSA) is 66.7 Å². The molecule has 1 aliphatic rings. The smallest absolute Gasteiger partial charge is 0.269 e. The summed E-state index contributed by atoms with van der Waals surface area (Å²) in [6, 6.07) is 12.5. The summed E-state index contributed by atoms with van der Waals surface area (Å²) in [5.41, 5.74) is 1.96. The number of carbonyl (C=O) groups excluding carboxylic acids is 1. The fraction of sp³-hybridized carbons (Fsp3) is 0.250. The molecule has 1 amide bonds. The molecule has 0 spiro atoms. The minimum Gasteiger partial charge on any atom is -0.314 e. The molecule has 1 atom stereocenters. The van der Waals surface area contributed by atoms with Crippen LogP contribution in [-0.2, 0) is 11.2 Å². The number of thiophene rings is 2. The molecule has 4 rings (SSSR count). The van der Waals surface area contributed by atoms with Gasteiger partial charge in [0.25, 0.3) is 5.69 Å². The number of hydrogen-bond acceptors (Lipinski definition) is 6. The molecule has 3 aromatic rings. The van der Waals surface area contributed by atoms with Gasteiger partial charge in [-0.2, -0.15) is 0 Å². The predicted molar refractivity (Wildman–Crippen MR) is 112 cm³/mol. The number of anilines is 1. The Bertz CT molecular complexity index is 983. The predicted octanol–water partition coefficient (Wildman–Crippen LogP) is 4.33. The summed E-state index contributed by atoms with van der Waals surface area (Å²) in [4.78, 5) is 29.8. The Morgan fingerprint density at radius 2 is 2.00 bits per heavy atom. The van der Waals surface area contributed by atoms with Gasteiger partial charge in [-0.1, -0.05) is 6.07 Å². The molecular formula is C20H19N3O3S2. The van der Waals surface area contributed by atoms with E-state index in [4.69, 9.17) is 0 Å². The van der Waals surface area contributed by atoms with Crippen LogP contribution in [0.5, 0.6) is 0 Å². The van der Waals surface area contributed by atoms with E-state index < -0.39 is 4.92 Å². The van der Waals surface area contributed by atoms with Gasteiger partial charge < -0.3 is 4.90 Å². The molecule has 1 aromatic carbocycles. The summed E-state index contributed by atoms with van der Waals surface area (Å²) in [5, 5.41) is 15.0. The summed E-state index contributed by atoms with van der Waals surface area (Å²) in [7, 11) is 1.71. The van der Waals surface area contributed by atoms with Crippen molar-refractivity contribution in [3.8, 4) is 0 Å². The number of nitro groups is 1. The van der Waals surface area contributed by atoms with Gasteiger partial charge in [-0.05, 0) is 47.0 Å². The zero-order valence-corrected chi connectivity index (χ0v) is 16.9. The molecule has 28 heavy (non-hydrogen) atoms. The Morgan fingerprint density at radius 3 is 2.68 bits per heavy atom. The third-order valence-corrected chi connectivity index (χ3v) is 6.96. The van der Waals surface area contributed by atoms with Crippen LogP contribution in [0, 0.1) is 10.1 Å². The first-order valence-corrected chi connectivity index (χ1v) is 10.7. The van der Waals surface area contributed by atoms with Crippen LogP contribution in [0.3, 0.4) is 0 Å². The number of nitro benzene ring substituents is 1. The van der Waals surface area contributed by atoms with E-state index in [9.17, 15) is 14.9 Å². The Kier molecular flexibility index (Phi) is 5.25. The van der Waals surface area contributed by atoms with Crippen LogP contribution in [-0.4, -0.2) is 35.9 Å². The van der Waals surface area contributed by atoms with E-state index in [1.54, 1.807) is 46.8 Å². The number of carbonyl (C=O) groups is 1. The van der Waals surface area contributed by atoms with E-state index in [-0.39, 0.29) is 17.6 Å². The van der Waals surface area contributed by atoms with Crippen LogP contribution in [0.25, 0.3) is 0 Å². The van der Waals surface area contributed by atoms with Crippen molar-refractivity contribution in [2.75, 3.05) is 25.0 Å². The molecule has 144 valence electrons. The SMILES string of the molecule is CN(C(=O)CN1CCc2sccc2[C@H]1c1cccs1)c1ccc([N+](=O)[O-])cc1. The second-order valence-electron chi connectivity index (χ2n) is 6.66. The highest BCUT2D eigenvalue weighted by Crippen LogP contribution is 2.39. The lowest BCUT2D eigenvalue weighted by Gasteiger charge is -2.35. The highest BCUT2D eigenvalue weighted by Gasteiger charge is 2.32. The summed E-state index contributed by atoms with van der Waals surface area (Å²) >= 11 is 3.49. The average Bonchev–Trinajstić information content (AvgIpc) is 3.39. The normalized spacial score (nSPS) is 16.5. The Labute approximate surface area is 170 Å². The number of rotatable bonds is 5. The van der Waals surface area contributed by atoms with Gasteiger partial charge in [0.2, 0.25) is 5.91 Å². The van der Waals surface area contributed by atoms with Crippen molar-refractivity contribution in [1.82, 2.24) is 4.90 Å². The summed E-state index contributed by atoms with van der Waals surface area (Å²) in [6.45, 7) is 1.13. The average molecular weight is 414 g/mol. The highest BCUT2D eigenvalue weighted by molar-refractivity contribution is 7.10. The van der Waals surface area contributed by atoms with Crippen molar-refractivity contribution in [3.05, 3.63) is 78.7 Å². The van der Waals surface area contributed by atoms with Crippen molar-refractivity contribution in [2.24, 2.45) is 0 Å². The minimum atomic E-state index is -0.441. The third kappa shape index (κ3) is 3.58. The van der Waals surface area contributed by atoms with E-state index in [2.05, 4.69) is 27.8 Å². The number of amides is 1. The number of non-ortho nitro benzene ring substituents is 1. The number of fused-ring (bicyclic) bond motifs is 1. The van der Waals surface area contributed by atoms with Crippen molar-refractivity contribution in [3.63, 3.8) is 0 Å². The highest BCUT2D eigenvalue weighted by atomic mass is 32.1. The van der Waals surface area contributed by atoms with Crippen molar-refractivity contribution in [1.29, 1.82) is 0 Å². The van der Waals surface area contributed by atoms with Gasteiger partial charge in [0.1, 0.15) is 0 Å². The van der Waals surface area contributed by atoms with Crippen LogP contribution in [0.1, 0.15) is 21.4 Å². The Morgan fingerprint density at radius 1 is 1.21 bits per heavy atom. The van der Waals surface area contributed by atoms with Gasteiger partial charge in [-0.3, -0.25) is 19.8 Å². The quantitative estimate of drug-likeness (QED) is 0.461. The number of nitrogens with zero attached hydrogens (tertiary/aromatic N) is 3. The lowest BCUT2D eigenvalue weighted by molar-refractivity contribution is -0.384. The largest absolute Gasteiger partial charge is 0.314 e. The zero-order valence-electron chi connectivity index (χ0n) is 15.3. The fourth-order valence-corrected chi connectivity index (χ4v) is 5.32. The molecule has 1 aliphatic heterocycles. The van der Waals surface area contributed by atoms with Crippen molar-refractivity contribution < 1.29 is 9.72 Å². The van der Waals surface area contributed by atoms with Crippen LogP contribution in [0.4, 0.5) is 11.4 Å². The molecule has 3 heterocycles. The molecule has 0 radical (unpaired) electrons. The maximum Gasteiger partial charge on any atom is 0.269 e. The molecule has 0 saturated heterocycles. The van der Waals surface area contributed by atoms with Crippen molar-refractivity contribution >= 4 is 40.0 Å². The first-order valence-electron chi connectivity index (χ1n) is 8.89. The van der Waals surface area contributed by atoms with E-state index in [0.29, 0.717) is 12.2 Å². The summed E-state index contributed by atoms with van der Waals surface area (Å²) in [5.74, 6) is -0.0333. The third-order valence-electron chi connectivity index (χ3n) is 5.04. The Balaban J connectivity index is 1.54. The maximum atomic E-state index is 13.0. The second-order valence-corrected chi connectivity index (χ2v) is 8.64. The fourth-order valence-electron chi connectivity index (χ4n) is 3.54. The van der Waals surface area contributed by atoms with Gasteiger partial charge in [0.15, 0.2) is 0 Å². The van der Waals surface area contributed by atoms with Crippen LogP contribution in [0.15, 0.2) is 53.2 Å². The van der Waals surface area contributed by atoms with Gasteiger partial charge in [-0.25, -0.2) is 0 Å². The monoisotopic (exact) mass is 413 g/mol. The van der Waals surface area contributed by atoms with Gasteiger partial charge in [0, 0.05) is 41.2 Å². The maximum absolute atomic E-state index is 13.0. The Hall–Kier alpha value is -2.55. The molecule has 6 nitrogen and oxygen atoms in total. The molecule has 8 heteroatoms. The van der Waals surface area contributed by atoms with Crippen LogP contribution in [0.2, 0.25) is 0 Å². The standard InChI is InChI=1S/C20H19N3O3S2/c1-21(14-4-6-15(7-5-14)23(25)26)19(24)13-22-10-8-17-16(9-12-28-17)20(22)18-3-2-11-27-18/h2-7,9,11-12,20H,8,10,13H2,1H3/t20-/m0/s1.